The third kappa shape index (κ3) is 2.82. The zero-order chi connectivity index (χ0) is 14.8. The van der Waals surface area contributed by atoms with Gasteiger partial charge < -0.3 is 14.4 Å². The lowest BCUT2D eigenvalue weighted by molar-refractivity contribution is -0.0932. The average molecular weight is 301 g/mol. The Hall–Kier alpha value is -0.900. The van der Waals surface area contributed by atoms with Crippen LogP contribution >= 0.6 is 0 Å². The number of piperidine rings is 1. The number of fused-ring (bicyclic) bond motifs is 2. The number of benzene rings is 1. The summed E-state index contributed by atoms with van der Waals surface area (Å²) in [6.07, 6.45) is 6.72. The first kappa shape index (κ1) is 14.7. The summed E-state index contributed by atoms with van der Waals surface area (Å²) in [7, 11) is 0. The summed E-state index contributed by atoms with van der Waals surface area (Å²) in [6, 6.07) is 9.12. The van der Waals surface area contributed by atoms with Crippen LogP contribution in [0.4, 0.5) is 0 Å². The molecule has 0 radical (unpaired) electrons. The van der Waals surface area contributed by atoms with Gasteiger partial charge >= 0.3 is 0 Å². The van der Waals surface area contributed by atoms with Gasteiger partial charge in [0.2, 0.25) is 0 Å². The fourth-order valence-corrected chi connectivity index (χ4v) is 4.52. The van der Waals surface area contributed by atoms with E-state index in [0.29, 0.717) is 11.5 Å². The van der Waals surface area contributed by atoms with Crippen LogP contribution in [0.15, 0.2) is 24.3 Å². The van der Waals surface area contributed by atoms with Gasteiger partial charge in [0.25, 0.3) is 0 Å². The van der Waals surface area contributed by atoms with E-state index in [9.17, 15) is 0 Å². The van der Waals surface area contributed by atoms with E-state index in [-0.39, 0.29) is 0 Å². The van der Waals surface area contributed by atoms with Crippen molar-refractivity contribution < 1.29 is 9.47 Å². The summed E-state index contributed by atoms with van der Waals surface area (Å²) in [5, 5.41) is 0. The Morgan fingerprint density at radius 2 is 1.95 bits per heavy atom. The van der Waals surface area contributed by atoms with E-state index in [1.54, 1.807) is 11.1 Å². The number of aryl methyl sites for hydroxylation is 1. The predicted octanol–water partition coefficient (Wildman–Crippen LogP) is 2.77. The number of ether oxygens (including phenoxy) is 2. The second-order valence-corrected chi connectivity index (χ2v) is 7.14. The number of likely N-dealkylation sites (tertiary alicyclic amines) is 1. The van der Waals surface area contributed by atoms with Gasteiger partial charge in [0, 0.05) is 6.54 Å². The minimum absolute atomic E-state index is 0.317. The second kappa shape index (κ2) is 6.31. The third-order valence-electron chi connectivity index (χ3n) is 5.93. The van der Waals surface area contributed by atoms with Crippen LogP contribution in [0.5, 0.6) is 0 Å². The van der Waals surface area contributed by atoms with Gasteiger partial charge in [-0.2, -0.15) is 0 Å². The number of hydrogen-bond donors (Lipinski definition) is 0. The topological polar surface area (TPSA) is 21.7 Å². The monoisotopic (exact) mass is 301 g/mol. The molecule has 1 aliphatic carbocycles. The lowest BCUT2D eigenvalue weighted by Crippen LogP contribution is -2.43. The first-order valence-electron chi connectivity index (χ1n) is 8.86. The van der Waals surface area contributed by atoms with Crippen LogP contribution in [0, 0.1) is 0 Å². The van der Waals surface area contributed by atoms with E-state index in [2.05, 4.69) is 29.2 Å². The van der Waals surface area contributed by atoms with Gasteiger partial charge in [-0.05, 0) is 61.7 Å². The van der Waals surface area contributed by atoms with Gasteiger partial charge in [-0.15, -0.1) is 0 Å². The maximum atomic E-state index is 5.76. The average Bonchev–Trinajstić information content (AvgIpc) is 2.94. The van der Waals surface area contributed by atoms with Crippen molar-refractivity contribution in [1.82, 2.24) is 4.90 Å². The van der Waals surface area contributed by atoms with Gasteiger partial charge in [0.1, 0.15) is 0 Å². The summed E-state index contributed by atoms with van der Waals surface area (Å²) < 4.78 is 11.3. The highest BCUT2D eigenvalue weighted by molar-refractivity contribution is 5.39. The largest absolute Gasteiger partial charge is 0.376 e. The molecule has 4 rings (SSSR count). The molecule has 3 aliphatic rings. The van der Waals surface area contributed by atoms with Crippen LogP contribution in [0.1, 0.15) is 36.8 Å². The Bertz CT molecular complexity index is 502. The molecule has 0 saturated carbocycles. The summed E-state index contributed by atoms with van der Waals surface area (Å²) in [4.78, 5) is 2.63. The molecular weight excluding hydrogens is 274 g/mol. The van der Waals surface area contributed by atoms with Crippen molar-refractivity contribution in [2.75, 3.05) is 39.5 Å². The van der Waals surface area contributed by atoms with E-state index in [1.165, 1.54) is 38.8 Å². The van der Waals surface area contributed by atoms with E-state index >= 15 is 0 Å². The lowest BCUT2D eigenvalue weighted by atomic mass is 9.74. The van der Waals surface area contributed by atoms with Crippen LogP contribution in [0.2, 0.25) is 0 Å². The molecule has 1 unspecified atom stereocenters. The Labute approximate surface area is 133 Å². The van der Waals surface area contributed by atoms with Gasteiger partial charge in [-0.25, -0.2) is 0 Å². The standard InChI is InChI=1S/C19H27NO2/c1-2-4-18-16(3-1)5-7-19(18)8-11-20(12-9-19)10-6-17-15-21-13-14-22-17/h1-4,17H,5-15H2. The molecule has 120 valence electrons. The van der Waals surface area contributed by atoms with Crippen molar-refractivity contribution in [1.29, 1.82) is 0 Å². The normalized spacial score (nSPS) is 27.9. The van der Waals surface area contributed by atoms with Gasteiger partial charge in [0.05, 0.1) is 25.9 Å². The molecule has 3 nitrogen and oxygen atoms in total. The maximum Gasteiger partial charge on any atom is 0.0821 e. The second-order valence-electron chi connectivity index (χ2n) is 7.14. The van der Waals surface area contributed by atoms with E-state index < -0.39 is 0 Å². The van der Waals surface area contributed by atoms with Crippen LogP contribution in [0.25, 0.3) is 0 Å². The van der Waals surface area contributed by atoms with E-state index in [1.807, 2.05) is 0 Å². The van der Waals surface area contributed by atoms with Crippen molar-refractivity contribution in [3.05, 3.63) is 35.4 Å². The van der Waals surface area contributed by atoms with Gasteiger partial charge in [0.15, 0.2) is 0 Å². The Balaban J connectivity index is 1.31. The zero-order valence-electron chi connectivity index (χ0n) is 13.4. The minimum atomic E-state index is 0.317. The molecule has 0 amide bonds. The molecular formula is C19H27NO2. The highest BCUT2D eigenvalue weighted by Crippen LogP contribution is 2.46. The molecule has 1 aromatic rings. The molecule has 2 aliphatic heterocycles. The first-order valence-corrected chi connectivity index (χ1v) is 8.86. The molecule has 2 saturated heterocycles. The lowest BCUT2D eigenvalue weighted by Gasteiger charge is -2.40. The summed E-state index contributed by atoms with van der Waals surface area (Å²) >= 11 is 0. The van der Waals surface area contributed by atoms with Crippen LogP contribution in [-0.2, 0) is 21.3 Å². The van der Waals surface area contributed by atoms with E-state index in [0.717, 1.165) is 32.8 Å². The summed E-state index contributed by atoms with van der Waals surface area (Å²) in [6.45, 7) is 5.95. The molecule has 1 spiro atoms. The molecule has 1 atom stereocenters. The molecule has 0 N–H and O–H groups in total. The summed E-state index contributed by atoms with van der Waals surface area (Å²) in [5.41, 5.74) is 3.74. The number of hydrogen-bond acceptors (Lipinski definition) is 3. The first-order chi connectivity index (χ1) is 10.9. The highest BCUT2D eigenvalue weighted by atomic mass is 16.6. The van der Waals surface area contributed by atoms with Crippen molar-refractivity contribution >= 4 is 0 Å². The fourth-order valence-electron chi connectivity index (χ4n) is 4.52. The van der Waals surface area contributed by atoms with Crippen LogP contribution < -0.4 is 0 Å². The highest BCUT2D eigenvalue weighted by Gasteiger charge is 2.40. The molecule has 3 heteroatoms. The van der Waals surface area contributed by atoms with Crippen molar-refractivity contribution in [3.63, 3.8) is 0 Å². The Morgan fingerprint density at radius 3 is 2.77 bits per heavy atom. The van der Waals surface area contributed by atoms with Crippen molar-refractivity contribution in [2.24, 2.45) is 0 Å². The molecule has 22 heavy (non-hydrogen) atoms. The quantitative estimate of drug-likeness (QED) is 0.857. The van der Waals surface area contributed by atoms with Crippen molar-refractivity contribution in [3.8, 4) is 0 Å². The number of nitrogens with zero attached hydrogens (tertiary/aromatic N) is 1. The maximum absolute atomic E-state index is 5.76. The Morgan fingerprint density at radius 1 is 1.09 bits per heavy atom. The molecule has 1 aromatic carbocycles. The summed E-state index contributed by atoms with van der Waals surface area (Å²) in [5.74, 6) is 0. The fraction of sp³-hybridized carbons (Fsp3) is 0.684. The van der Waals surface area contributed by atoms with E-state index in [4.69, 9.17) is 9.47 Å². The minimum Gasteiger partial charge on any atom is -0.376 e. The smallest absolute Gasteiger partial charge is 0.0821 e. The number of rotatable bonds is 3. The molecule has 0 bridgehead atoms. The zero-order valence-corrected chi connectivity index (χ0v) is 13.4. The SMILES string of the molecule is c1ccc2c(c1)CCC21CCN(CCC2COCCO2)CC1. The third-order valence-corrected chi connectivity index (χ3v) is 5.93. The van der Waals surface area contributed by atoms with Gasteiger partial charge in [-0.1, -0.05) is 24.3 Å². The van der Waals surface area contributed by atoms with Gasteiger partial charge in [-0.3, -0.25) is 0 Å². The molecule has 2 heterocycles. The van der Waals surface area contributed by atoms with Crippen molar-refractivity contribution in [2.45, 2.75) is 43.6 Å². The van der Waals surface area contributed by atoms with Crippen LogP contribution in [-0.4, -0.2) is 50.5 Å². The van der Waals surface area contributed by atoms with Crippen LogP contribution in [0.3, 0.4) is 0 Å². The predicted molar refractivity (Wildman–Crippen MR) is 87.3 cm³/mol. The molecule has 2 fully saturated rings. The Kier molecular flexibility index (Phi) is 4.21. The molecule has 0 aromatic heterocycles.